The van der Waals surface area contributed by atoms with Crippen LogP contribution in [-0.2, 0) is 47.8 Å². The lowest BCUT2D eigenvalue weighted by atomic mass is 9.78. The largest absolute Gasteiger partial charge is 0.464 e. The van der Waals surface area contributed by atoms with E-state index in [1.807, 2.05) is 5.06 Å². The number of ketones is 1. The second-order valence-electron chi connectivity index (χ2n) is 24.5. The number of methoxy groups -OCH3 is 1. The van der Waals surface area contributed by atoms with Crippen molar-refractivity contribution in [2.75, 3.05) is 26.9 Å². The summed E-state index contributed by atoms with van der Waals surface area (Å²) in [5, 5.41) is 4.03. The Balaban J connectivity index is 0.000000708. The molecule has 0 aliphatic carbocycles. The van der Waals surface area contributed by atoms with Gasteiger partial charge in [-0.25, -0.2) is 0 Å². The van der Waals surface area contributed by atoms with Gasteiger partial charge in [0.05, 0.1) is 30.2 Å². The lowest BCUT2D eigenvalue weighted by molar-refractivity contribution is -0.293. The van der Waals surface area contributed by atoms with Crippen molar-refractivity contribution in [1.29, 1.82) is 0 Å². The molecule has 0 amide bonds. The van der Waals surface area contributed by atoms with Crippen LogP contribution in [0.4, 0.5) is 0 Å². The molecule has 0 bridgehead atoms. The maximum absolute atomic E-state index is 12.8. The summed E-state index contributed by atoms with van der Waals surface area (Å²) >= 11 is 0. The number of unbranched alkanes of at least 4 members (excludes halogenated alkanes) is 10. The highest BCUT2D eigenvalue weighted by Crippen LogP contribution is 2.42. The highest BCUT2D eigenvalue weighted by molar-refractivity contribution is 5.81. The summed E-state index contributed by atoms with van der Waals surface area (Å²) in [7, 11) is 1.77. The fourth-order valence-corrected chi connectivity index (χ4v) is 11.7. The molecule has 418 valence electrons. The van der Waals surface area contributed by atoms with Crippen LogP contribution in [0.3, 0.4) is 0 Å². The van der Waals surface area contributed by atoms with Gasteiger partial charge in [-0.15, -0.1) is 11.5 Å². The first-order chi connectivity index (χ1) is 34.6. The minimum Gasteiger partial charge on any atom is -0.464 e. The van der Waals surface area contributed by atoms with E-state index < -0.39 is 11.1 Å². The van der Waals surface area contributed by atoms with Gasteiger partial charge in [-0.05, 0) is 140 Å². The van der Waals surface area contributed by atoms with Crippen molar-refractivity contribution < 1.29 is 47.8 Å². The number of nitrogens with zero attached hydrogens (tertiary/aromatic N) is 3. The maximum atomic E-state index is 12.8. The molecule has 0 aromatic rings. The summed E-state index contributed by atoms with van der Waals surface area (Å²) < 4.78 is 22.7. The average molecular weight is 1030 g/mol. The van der Waals surface area contributed by atoms with Crippen LogP contribution in [0, 0.1) is 48.1 Å². The van der Waals surface area contributed by atoms with Crippen molar-refractivity contribution in [2.45, 2.75) is 290 Å². The fraction of sp³-hybridized carbons (Fsp3) is 0.803. The Morgan fingerprint density at radius 2 is 0.932 bits per heavy atom. The van der Waals surface area contributed by atoms with Crippen molar-refractivity contribution in [3.63, 3.8) is 0 Å². The van der Waals surface area contributed by atoms with Gasteiger partial charge in [0.2, 0.25) is 0 Å². The van der Waals surface area contributed by atoms with E-state index in [0.29, 0.717) is 38.8 Å². The van der Waals surface area contributed by atoms with Gasteiger partial charge in [-0.2, -0.15) is 5.06 Å². The molecular weight excluding hydrogens is 935 g/mol. The van der Waals surface area contributed by atoms with Crippen molar-refractivity contribution in [2.24, 2.45) is 0 Å². The first-order valence-corrected chi connectivity index (χ1v) is 27.8. The minimum absolute atomic E-state index is 0.00574. The predicted octanol–water partition coefficient (Wildman–Crippen LogP) is 11.6. The number of piperidine rings is 3. The molecule has 0 saturated carbocycles. The van der Waals surface area contributed by atoms with Crippen LogP contribution in [0.2, 0.25) is 0 Å². The molecular formula is C61H99N3O10. The lowest BCUT2D eigenvalue weighted by Gasteiger charge is -2.55. The zero-order valence-corrected chi connectivity index (χ0v) is 48.9. The predicted molar refractivity (Wildman–Crippen MR) is 294 cm³/mol. The van der Waals surface area contributed by atoms with Gasteiger partial charge in [0.15, 0.2) is 6.11 Å². The molecule has 74 heavy (non-hydrogen) atoms. The maximum Gasteiger partial charge on any atom is 0.306 e. The Morgan fingerprint density at radius 1 is 0.500 bits per heavy atom. The van der Waals surface area contributed by atoms with Gasteiger partial charge >= 0.3 is 17.9 Å². The first-order valence-electron chi connectivity index (χ1n) is 27.8. The second kappa shape index (κ2) is 31.8. The molecule has 0 aromatic heterocycles. The van der Waals surface area contributed by atoms with Gasteiger partial charge in [0, 0.05) is 98.5 Å². The van der Waals surface area contributed by atoms with Crippen LogP contribution in [0.1, 0.15) is 238 Å². The van der Waals surface area contributed by atoms with Crippen molar-refractivity contribution in [3.05, 3.63) is 0 Å². The number of terminal acetylenes is 1. The summed E-state index contributed by atoms with van der Waals surface area (Å²) in [6.07, 6.45) is 26.7. The number of likely N-dealkylation sites (tertiary alicyclic amines) is 1. The van der Waals surface area contributed by atoms with Gasteiger partial charge in [-0.1, -0.05) is 64.7 Å². The monoisotopic (exact) mass is 1030 g/mol. The van der Waals surface area contributed by atoms with Gasteiger partial charge in [0.25, 0.3) is 0 Å². The van der Waals surface area contributed by atoms with Gasteiger partial charge in [0.1, 0.15) is 24.6 Å². The molecule has 0 aromatic carbocycles. The van der Waals surface area contributed by atoms with Crippen LogP contribution in [0.15, 0.2) is 0 Å². The SMILES string of the molecule is C#CC#CC#CC#CON1C(C)(C)CC(OC(=O)CCCCCCCCC(=O)OC2CC(C)(C)N(OCCCCCCCC)C(C)(C)C2)CC1(C)C.COC1CC(C)(C)N(CCOC(=O)CCC(C)=O)C(C)(C)C1. The number of ether oxygens (including phenoxy) is 4. The van der Waals surface area contributed by atoms with Crippen LogP contribution in [0.25, 0.3) is 0 Å². The number of Topliss-reactive ketones (excluding diaryl/α,β-unsaturated/α-hetero) is 1. The zero-order valence-electron chi connectivity index (χ0n) is 48.9. The van der Waals surface area contributed by atoms with Gasteiger partial charge < -0.3 is 28.6 Å². The lowest BCUT2D eigenvalue weighted by Crippen LogP contribution is -2.62. The smallest absolute Gasteiger partial charge is 0.306 e. The number of hydroxylamine groups is 4. The molecule has 3 heterocycles. The summed E-state index contributed by atoms with van der Waals surface area (Å²) in [6, 6.07) is 0. The highest BCUT2D eigenvalue weighted by atomic mass is 16.7. The quantitative estimate of drug-likeness (QED) is 0.0335. The van der Waals surface area contributed by atoms with Crippen LogP contribution in [0.5, 0.6) is 0 Å². The number of hydrogen-bond donors (Lipinski definition) is 0. The van der Waals surface area contributed by atoms with E-state index in [1.165, 1.54) is 39.0 Å². The second-order valence-corrected chi connectivity index (χ2v) is 24.5. The number of carbonyl (C=O) groups is 4. The van der Waals surface area contributed by atoms with E-state index in [2.05, 4.69) is 142 Å². The summed E-state index contributed by atoms with van der Waals surface area (Å²) in [5.74, 6) is 14.4. The number of hydrogen-bond acceptors (Lipinski definition) is 13. The zero-order chi connectivity index (χ0) is 55.6. The fourth-order valence-electron chi connectivity index (χ4n) is 11.7. The average Bonchev–Trinajstić information content (AvgIpc) is 3.27. The molecule has 3 aliphatic rings. The third kappa shape index (κ3) is 24.3. The highest BCUT2D eigenvalue weighted by Gasteiger charge is 2.50. The van der Waals surface area contributed by atoms with Gasteiger partial charge in [-0.3, -0.25) is 24.1 Å². The molecule has 0 radical (unpaired) electrons. The molecule has 13 heteroatoms. The molecule has 3 aliphatic heterocycles. The standard InChI is InChI=1S/C44H68N2O6.C17H31NO4/c1-11-13-15-17-23-27-31-49-45-41(3,4)33-37(34-42(45,5)6)51-39(47)29-25-21-19-20-22-26-30-40(48)52-38-35-43(7,8)46(44(9,10)36-38)50-32-28-24-18-16-14-12-2;1-13(19)7-8-15(20)22-10-9-18-16(2,3)11-14(21-6)12-17(18,4)5/h1,37-38H,12,14,16,18-22,24-26,28-30,32-36H2,2-10H3;14H,7-12H2,1-6H3. The summed E-state index contributed by atoms with van der Waals surface area (Å²) in [6.45, 7) is 31.3. The number of rotatable bonds is 27. The Hall–Kier alpha value is -4.08. The molecule has 0 N–H and O–H groups in total. The molecule has 0 spiro atoms. The third-order valence-corrected chi connectivity index (χ3v) is 14.5. The van der Waals surface area contributed by atoms with Crippen LogP contribution >= 0.6 is 0 Å². The summed E-state index contributed by atoms with van der Waals surface area (Å²) in [5.41, 5.74) is -1.25. The van der Waals surface area contributed by atoms with Crippen molar-refractivity contribution in [1.82, 2.24) is 15.0 Å². The van der Waals surface area contributed by atoms with Crippen molar-refractivity contribution in [3.8, 4) is 48.1 Å². The molecule has 3 fully saturated rings. The Labute approximate surface area is 449 Å². The van der Waals surface area contributed by atoms with Crippen molar-refractivity contribution >= 4 is 23.7 Å². The molecule has 3 saturated heterocycles. The third-order valence-electron chi connectivity index (χ3n) is 14.5. The topological polar surface area (TPSA) is 133 Å². The Kier molecular flexibility index (Phi) is 28.4. The minimum atomic E-state index is -0.406. The van der Waals surface area contributed by atoms with E-state index in [9.17, 15) is 19.2 Å². The Bertz CT molecular complexity index is 1940. The van der Waals surface area contributed by atoms with E-state index >= 15 is 0 Å². The summed E-state index contributed by atoms with van der Waals surface area (Å²) in [4.78, 5) is 62.5. The van der Waals surface area contributed by atoms with E-state index in [0.717, 1.165) is 77.2 Å². The Morgan fingerprint density at radius 3 is 1.41 bits per heavy atom. The molecule has 3 rings (SSSR count). The number of esters is 3. The normalized spacial score (nSPS) is 20.0. The van der Waals surface area contributed by atoms with E-state index in [-0.39, 0.29) is 77.0 Å². The molecule has 0 unspecified atom stereocenters. The molecule has 0 atom stereocenters. The van der Waals surface area contributed by atoms with Crippen LogP contribution < -0.4 is 0 Å². The first kappa shape index (κ1) is 66.0. The van der Waals surface area contributed by atoms with Crippen LogP contribution in [-0.4, -0.2) is 117 Å². The van der Waals surface area contributed by atoms with E-state index in [1.54, 1.807) is 7.11 Å². The van der Waals surface area contributed by atoms with E-state index in [4.69, 9.17) is 35.0 Å². The number of carbonyl (C=O) groups excluding carboxylic acids is 4. The molecule has 13 nitrogen and oxygen atoms in total.